The zero-order chi connectivity index (χ0) is 19.3. The molecule has 5 heteroatoms. The molecule has 0 fully saturated rings. The predicted octanol–water partition coefficient (Wildman–Crippen LogP) is 4.59. The second-order valence-electron chi connectivity index (χ2n) is 6.48. The molecule has 2 N–H and O–H groups in total. The summed E-state index contributed by atoms with van der Waals surface area (Å²) in [4.78, 5) is 23.9. The first kappa shape index (κ1) is 16.8. The van der Waals surface area contributed by atoms with Crippen molar-refractivity contribution in [2.45, 2.75) is 13.8 Å². The van der Waals surface area contributed by atoms with Gasteiger partial charge in [0.25, 0.3) is 0 Å². The number of benzene rings is 3. The van der Waals surface area contributed by atoms with Crippen LogP contribution in [-0.2, 0) is 0 Å². The third kappa shape index (κ3) is 2.47. The zero-order valence-corrected chi connectivity index (χ0v) is 14.7. The van der Waals surface area contributed by atoms with E-state index >= 15 is 0 Å². The van der Waals surface area contributed by atoms with E-state index in [0.717, 1.165) is 0 Å². The fourth-order valence-electron chi connectivity index (χ4n) is 3.44. The van der Waals surface area contributed by atoms with E-state index in [9.17, 15) is 19.8 Å². The van der Waals surface area contributed by atoms with Crippen LogP contribution in [0.1, 0.15) is 21.5 Å². The van der Waals surface area contributed by atoms with Gasteiger partial charge in [-0.25, -0.2) is 4.79 Å². The maximum absolute atomic E-state index is 12.1. The van der Waals surface area contributed by atoms with Gasteiger partial charge in [-0.1, -0.05) is 18.2 Å². The minimum Gasteiger partial charge on any atom is -0.508 e. The molecule has 1 aliphatic heterocycles. The quantitative estimate of drug-likeness (QED) is 0.511. The SMILES string of the molecule is Cc1c2oc3c(C)c(O)ccc3c(-c3ccccc3C(=O)O)c-2ccc1=O. The van der Waals surface area contributed by atoms with E-state index in [-0.39, 0.29) is 16.7 Å². The fourth-order valence-corrected chi connectivity index (χ4v) is 3.44. The van der Waals surface area contributed by atoms with Crippen LogP contribution < -0.4 is 5.43 Å². The van der Waals surface area contributed by atoms with Crippen molar-refractivity contribution >= 4 is 16.9 Å². The van der Waals surface area contributed by atoms with Crippen molar-refractivity contribution in [2.75, 3.05) is 0 Å². The molecule has 1 aliphatic carbocycles. The van der Waals surface area contributed by atoms with E-state index in [2.05, 4.69) is 0 Å². The van der Waals surface area contributed by atoms with Crippen molar-refractivity contribution in [3.8, 4) is 28.2 Å². The van der Waals surface area contributed by atoms with Gasteiger partial charge in [0, 0.05) is 27.6 Å². The average Bonchev–Trinajstić information content (AvgIpc) is 2.66. The number of rotatable bonds is 2. The minimum absolute atomic E-state index is 0.0685. The molecule has 5 nitrogen and oxygen atoms in total. The number of phenolic OH excluding ortho intramolecular Hbond substituents is 1. The van der Waals surface area contributed by atoms with Crippen LogP contribution in [-0.4, -0.2) is 16.2 Å². The summed E-state index contributed by atoms with van der Waals surface area (Å²) in [5.41, 5.74) is 3.21. The number of carbonyl (C=O) groups is 1. The lowest BCUT2D eigenvalue weighted by Crippen LogP contribution is -2.07. The van der Waals surface area contributed by atoms with Crippen molar-refractivity contribution in [1.29, 1.82) is 0 Å². The van der Waals surface area contributed by atoms with Gasteiger partial charge in [-0.2, -0.15) is 0 Å². The molecule has 0 saturated heterocycles. The number of hydrogen-bond acceptors (Lipinski definition) is 4. The number of aromatic hydroxyl groups is 1. The summed E-state index contributed by atoms with van der Waals surface area (Å²) >= 11 is 0. The second kappa shape index (κ2) is 5.99. The molecule has 0 saturated carbocycles. The Kier molecular flexibility index (Phi) is 3.73. The first-order valence-electron chi connectivity index (χ1n) is 8.41. The Morgan fingerprint density at radius 3 is 2.41 bits per heavy atom. The van der Waals surface area contributed by atoms with Gasteiger partial charge in [-0.15, -0.1) is 0 Å². The Morgan fingerprint density at radius 1 is 0.926 bits per heavy atom. The number of fused-ring (bicyclic) bond motifs is 2. The van der Waals surface area contributed by atoms with Crippen LogP contribution in [0.25, 0.3) is 33.4 Å². The largest absolute Gasteiger partial charge is 0.508 e. The molecule has 0 spiro atoms. The summed E-state index contributed by atoms with van der Waals surface area (Å²) < 4.78 is 6.02. The predicted molar refractivity (Wildman–Crippen MR) is 103 cm³/mol. The topological polar surface area (TPSA) is 87.7 Å². The van der Waals surface area contributed by atoms with E-state index in [1.807, 2.05) is 0 Å². The van der Waals surface area contributed by atoms with Gasteiger partial charge in [0.1, 0.15) is 17.1 Å². The van der Waals surface area contributed by atoms with Crippen molar-refractivity contribution in [1.82, 2.24) is 0 Å². The molecule has 4 rings (SSSR count). The van der Waals surface area contributed by atoms with Gasteiger partial charge in [0.15, 0.2) is 5.43 Å². The molecule has 27 heavy (non-hydrogen) atoms. The Labute approximate surface area is 154 Å². The molecule has 2 aromatic carbocycles. The van der Waals surface area contributed by atoms with Crippen molar-refractivity contribution < 1.29 is 19.4 Å². The van der Waals surface area contributed by atoms with Crippen LogP contribution >= 0.6 is 0 Å². The van der Waals surface area contributed by atoms with E-state index in [1.165, 1.54) is 6.07 Å². The molecule has 0 atom stereocenters. The van der Waals surface area contributed by atoms with Gasteiger partial charge in [-0.3, -0.25) is 4.79 Å². The molecule has 2 aromatic rings. The van der Waals surface area contributed by atoms with Crippen LogP contribution in [0.3, 0.4) is 0 Å². The standard InChI is InChI=1S/C22H16O5/c1-11-17(23)9-7-15-19(13-5-3-4-6-14(13)22(25)26)16-8-10-18(24)12(2)21(16)27-20(11)15/h3-10,23H,1-2H3,(H,25,26). The molecule has 0 aromatic heterocycles. The molecular formula is C22H16O5. The van der Waals surface area contributed by atoms with Gasteiger partial charge < -0.3 is 14.6 Å². The smallest absolute Gasteiger partial charge is 0.336 e. The Morgan fingerprint density at radius 2 is 1.67 bits per heavy atom. The van der Waals surface area contributed by atoms with E-state index in [1.54, 1.807) is 56.3 Å². The Hall–Kier alpha value is -3.60. The normalized spacial score (nSPS) is 11.2. The highest BCUT2D eigenvalue weighted by molar-refractivity contribution is 6.08. The number of phenols is 1. The van der Waals surface area contributed by atoms with Crippen LogP contribution in [0.5, 0.6) is 5.75 Å². The maximum Gasteiger partial charge on any atom is 0.336 e. The highest BCUT2D eigenvalue weighted by atomic mass is 16.4. The second-order valence-corrected chi connectivity index (χ2v) is 6.48. The lowest BCUT2D eigenvalue weighted by Gasteiger charge is -2.19. The highest BCUT2D eigenvalue weighted by Crippen LogP contribution is 2.44. The van der Waals surface area contributed by atoms with Crippen LogP contribution in [0.4, 0.5) is 0 Å². The molecule has 0 amide bonds. The summed E-state index contributed by atoms with van der Waals surface area (Å²) in [6.45, 7) is 3.39. The summed E-state index contributed by atoms with van der Waals surface area (Å²) in [7, 11) is 0. The van der Waals surface area contributed by atoms with E-state index in [0.29, 0.717) is 44.5 Å². The number of carboxylic acid groups (broad SMARTS) is 1. The summed E-state index contributed by atoms with van der Waals surface area (Å²) in [5.74, 6) is -0.585. The number of carboxylic acids is 1. The summed E-state index contributed by atoms with van der Waals surface area (Å²) in [5, 5.41) is 20.4. The highest BCUT2D eigenvalue weighted by Gasteiger charge is 2.24. The van der Waals surface area contributed by atoms with E-state index in [4.69, 9.17) is 4.42 Å². The van der Waals surface area contributed by atoms with Crippen molar-refractivity contribution in [2.24, 2.45) is 0 Å². The molecule has 0 bridgehead atoms. The lowest BCUT2D eigenvalue weighted by atomic mass is 9.89. The molecule has 134 valence electrons. The third-order valence-corrected chi connectivity index (χ3v) is 4.90. The molecular weight excluding hydrogens is 344 g/mol. The summed E-state index contributed by atoms with van der Waals surface area (Å²) in [6.07, 6.45) is 0. The van der Waals surface area contributed by atoms with Gasteiger partial charge >= 0.3 is 5.97 Å². The Bertz CT molecular complexity index is 1250. The van der Waals surface area contributed by atoms with Gasteiger partial charge in [-0.05, 0) is 49.7 Å². The molecule has 2 aliphatic rings. The van der Waals surface area contributed by atoms with E-state index < -0.39 is 5.97 Å². The number of aromatic carboxylic acids is 1. The summed E-state index contributed by atoms with van der Waals surface area (Å²) in [6, 6.07) is 13.1. The van der Waals surface area contributed by atoms with Crippen molar-refractivity contribution in [3.63, 3.8) is 0 Å². The maximum atomic E-state index is 12.1. The zero-order valence-electron chi connectivity index (χ0n) is 14.7. The lowest BCUT2D eigenvalue weighted by molar-refractivity contribution is 0.0697. The van der Waals surface area contributed by atoms with Crippen LogP contribution in [0.2, 0.25) is 0 Å². The molecule has 1 heterocycles. The molecule has 0 radical (unpaired) electrons. The first-order valence-corrected chi connectivity index (χ1v) is 8.41. The van der Waals surface area contributed by atoms with Gasteiger partial charge in [0.2, 0.25) is 0 Å². The van der Waals surface area contributed by atoms with Crippen LogP contribution in [0.15, 0.2) is 57.7 Å². The minimum atomic E-state index is -1.04. The average molecular weight is 360 g/mol. The fraction of sp³-hybridized carbons (Fsp3) is 0.0909. The Balaban J connectivity index is 2.29. The monoisotopic (exact) mass is 360 g/mol. The first-order chi connectivity index (χ1) is 12.9. The number of hydrogen-bond donors (Lipinski definition) is 2. The van der Waals surface area contributed by atoms with Crippen molar-refractivity contribution in [3.05, 3.63) is 75.4 Å². The third-order valence-electron chi connectivity index (χ3n) is 4.90. The van der Waals surface area contributed by atoms with Gasteiger partial charge in [0.05, 0.1) is 5.56 Å². The number of aryl methyl sites for hydroxylation is 1. The molecule has 0 unspecified atom stereocenters. The van der Waals surface area contributed by atoms with Crippen LogP contribution in [0, 0.1) is 13.8 Å².